The van der Waals surface area contributed by atoms with Gasteiger partial charge < -0.3 is 16.0 Å². The number of carbonyl (C=O) groups is 1. The zero-order valence-corrected chi connectivity index (χ0v) is 11.5. The van der Waals surface area contributed by atoms with Gasteiger partial charge in [0.25, 0.3) is 0 Å². The number of carbonyl (C=O) groups excluding carboxylic acids is 1. The average molecular weight is 241 g/mol. The summed E-state index contributed by atoms with van der Waals surface area (Å²) >= 11 is 0. The number of nitrogens with one attached hydrogen (secondary N) is 1. The van der Waals surface area contributed by atoms with E-state index in [9.17, 15) is 4.79 Å². The molecular weight excluding hydrogens is 214 g/mol. The first kappa shape index (κ1) is 14.3. The van der Waals surface area contributed by atoms with Crippen molar-refractivity contribution in [2.45, 2.75) is 52.0 Å². The maximum atomic E-state index is 12.1. The minimum Gasteiger partial charge on any atom is -0.332 e. The molecule has 1 saturated heterocycles. The van der Waals surface area contributed by atoms with E-state index in [1.165, 1.54) is 6.42 Å². The Morgan fingerprint density at radius 1 is 1.35 bits per heavy atom. The predicted octanol–water partition coefficient (Wildman–Crippen LogP) is 1.95. The van der Waals surface area contributed by atoms with Crippen LogP contribution in [0.2, 0.25) is 0 Å². The molecule has 0 radical (unpaired) electrons. The smallest absolute Gasteiger partial charge is 0.317 e. The Labute approximate surface area is 105 Å². The molecule has 2 amide bonds. The molecule has 0 aliphatic carbocycles. The Morgan fingerprint density at radius 3 is 2.41 bits per heavy atom. The molecule has 3 N–H and O–H groups in total. The molecule has 1 heterocycles. The number of rotatable bonds is 4. The van der Waals surface area contributed by atoms with E-state index >= 15 is 0 Å². The summed E-state index contributed by atoms with van der Waals surface area (Å²) in [5, 5.41) is 3.11. The largest absolute Gasteiger partial charge is 0.332 e. The fourth-order valence-corrected chi connectivity index (χ4v) is 2.52. The molecule has 1 aliphatic heterocycles. The van der Waals surface area contributed by atoms with E-state index in [1.807, 2.05) is 11.8 Å². The van der Waals surface area contributed by atoms with Gasteiger partial charge in [-0.1, -0.05) is 13.8 Å². The van der Waals surface area contributed by atoms with Crippen molar-refractivity contribution in [3.8, 4) is 0 Å². The summed E-state index contributed by atoms with van der Waals surface area (Å²) in [5.41, 5.74) is 5.52. The van der Waals surface area contributed by atoms with Crippen molar-refractivity contribution in [3.05, 3.63) is 0 Å². The second-order valence-corrected chi connectivity index (χ2v) is 5.84. The van der Waals surface area contributed by atoms with E-state index in [2.05, 4.69) is 19.2 Å². The molecule has 4 heteroatoms. The first-order chi connectivity index (χ1) is 7.97. The monoisotopic (exact) mass is 241 g/mol. The van der Waals surface area contributed by atoms with Gasteiger partial charge in [-0.25, -0.2) is 4.79 Å². The number of urea groups is 1. The molecule has 1 unspecified atom stereocenters. The molecule has 0 spiro atoms. The third kappa shape index (κ3) is 4.54. The van der Waals surface area contributed by atoms with Crippen molar-refractivity contribution in [2.24, 2.45) is 11.7 Å². The SMILES string of the molecule is CC(C)CC(C)(CN)NC(=O)N1CCCCC1. The molecule has 4 nitrogen and oxygen atoms in total. The number of nitrogens with zero attached hydrogens (tertiary/aromatic N) is 1. The van der Waals surface area contributed by atoms with Crippen LogP contribution in [0.4, 0.5) is 4.79 Å². The van der Waals surface area contributed by atoms with Gasteiger partial charge in [0, 0.05) is 19.6 Å². The van der Waals surface area contributed by atoms with Crippen LogP contribution in [0.3, 0.4) is 0 Å². The Hall–Kier alpha value is -0.770. The van der Waals surface area contributed by atoms with Crippen molar-refractivity contribution in [1.29, 1.82) is 0 Å². The van der Waals surface area contributed by atoms with Crippen molar-refractivity contribution >= 4 is 6.03 Å². The molecule has 17 heavy (non-hydrogen) atoms. The van der Waals surface area contributed by atoms with E-state index in [0.717, 1.165) is 32.4 Å². The highest BCUT2D eigenvalue weighted by Crippen LogP contribution is 2.16. The van der Waals surface area contributed by atoms with Crippen LogP contribution in [0.15, 0.2) is 0 Å². The zero-order chi connectivity index (χ0) is 12.9. The van der Waals surface area contributed by atoms with Gasteiger partial charge in [0.05, 0.1) is 5.54 Å². The number of nitrogens with two attached hydrogens (primary N) is 1. The van der Waals surface area contributed by atoms with Gasteiger partial charge in [0.2, 0.25) is 0 Å². The van der Waals surface area contributed by atoms with Gasteiger partial charge in [-0.2, -0.15) is 0 Å². The van der Waals surface area contributed by atoms with Gasteiger partial charge in [0.1, 0.15) is 0 Å². The summed E-state index contributed by atoms with van der Waals surface area (Å²) in [6.45, 7) is 8.60. The zero-order valence-electron chi connectivity index (χ0n) is 11.5. The van der Waals surface area contributed by atoms with Crippen LogP contribution in [-0.2, 0) is 0 Å². The molecule has 0 bridgehead atoms. The topological polar surface area (TPSA) is 58.4 Å². The summed E-state index contributed by atoms with van der Waals surface area (Å²) in [6, 6.07) is 0.0540. The minimum atomic E-state index is -0.275. The first-order valence-corrected chi connectivity index (χ1v) is 6.74. The number of likely N-dealkylation sites (tertiary alicyclic amines) is 1. The maximum absolute atomic E-state index is 12.1. The summed E-state index contributed by atoms with van der Waals surface area (Å²) < 4.78 is 0. The van der Waals surface area contributed by atoms with Crippen LogP contribution in [0.1, 0.15) is 46.5 Å². The highest BCUT2D eigenvalue weighted by Gasteiger charge is 2.28. The lowest BCUT2D eigenvalue weighted by Crippen LogP contribution is -2.56. The quantitative estimate of drug-likeness (QED) is 0.790. The van der Waals surface area contributed by atoms with Gasteiger partial charge in [-0.3, -0.25) is 0 Å². The molecule has 0 aromatic heterocycles. The Bertz CT molecular complexity index is 249. The second-order valence-electron chi connectivity index (χ2n) is 5.84. The lowest BCUT2D eigenvalue weighted by atomic mass is 9.91. The van der Waals surface area contributed by atoms with Crippen molar-refractivity contribution in [1.82, 2.24) is 10.2 Å². The number of amides is 2. The molecule has 1 atom stereocenters. The predicted molar refractivity (Wildman–Crippen MR) is 70.9 cm³/mol. The Morgan fingerprint density at radius 2 is 1.94 bits per heavy atom. The fraction of sp³-hybridized carbons (Fsp3) is 0.923. The van der Waals surface area contributed by atoms with Gasteiger partial charge in [-0.15, -0.1) is 0 Å². The molecule has 0 aromatic rings. The third-order valence-electron chi connectivity index (χ3n) is 3.36. The highest BCUT2D eigenvalue weighted by atomic mass is 16.2. The molecule has 1 rings (SSSR count). The van der Waals surface area contributed by atoms with Gasteiger partial charge >= 0.3 is 6.03 Å². The minimum absolute atomic E-state index is 0.0540. The maximum Gasteiger partial charge on any atom is 0.317 e. The van der Waals surface area contributed by atoms with Crippen molar-refractivity contribution < 1.29 is 4.79 Å². The second kappa shape index (κ2) is 6.24. The molecule has 1 fully saturated rings. The third-order valence-corrected chi connectivity index (χ3v) is 3.36. The van der Waals surface area contributed by atoms with Gasteiger partial charge in [0.15, 0.2) is 0 Å². The van der Waals surface area contributed by atoms with E-state index < -0.39 is 0 Å². The fourth-order valence-electron chi connectivity index (χ4n) is 2.52. The average Bonchev–Trinajstić information content (AvgIpc) is 2.29. The van der Waals surface area contributed by atoms with Crippen molar-refractivity contribution in [2.75, 3.05) is 19.6 Å². The van der Waals surface area contributed by atoms with E-state index in [0.29, 0.717) is 12.5 Å². The Kier molecular flexibility index (Phi) is 5.25. The summed E-state index contributed by atoms with van der Waals surface area (Å²) in [6.07, 6.45) is 4.40. The van der Waals surface area contributed by atoms with E-state index in [-0.39, 0.29) is 11.6 Å². The summed E-state index contributed by atoms with van der Waals surface area (Å²) in [4.78, 5) is 14.0. The van der Waals surface area contributed by atoms with Crippen LogP contribution < -0.4 is 11.1 Å². The number of piperidine rings is 1. The molecule has 100 valence electrons. The lowest BCUT2D eigenvalue weighted by molar-refractivity contribution is 0.170. The first-order valence-electron chi connectivity index (χ1n) is 6.74. The van der Waals surface area contributed by atoms with Crippen molar-refractivity contribution in [3.63, 3.8) is 0 Å². The Balaban J connectivity index is 2.51. The van der Waals surface area contributed by atoms with Crippen LogP contribution in [0.25, 0.3) is 0 Å². The lowest BCUT2D eigenvalue weighted by Gasteiger charge is -2.35. The molecule has 1 aliphatic rings. The normalized spacial score (nSPS) is 20.2. The number of hydrogen-bond acceptors (Lipinski definition) is 2. The highest BCUT2D eigenvalue weighted by molar-refractivity contribution is 5.75. The number of hydrogen-bond donors (Lipinski definition) is 2. The van der Waals surface area contributed by atoms with Crippen LogP contribution in [-0.4, -0.2) is 36.1 Å². The van der Waals surface area contributed by atoms with Crippen LogP contribution >= 0.6 is 0 Å². The summed E-state index contributed by atoms with van der Waals surface area (Å²) in [7, 11) is 0. The van der Waals surface area contributed by atoms with Crippen LogP contribution in [0, 0.1) is 5.92 Å². The van der Waals surface area contributed by atoms with Gasteiger partial charge in [-0.05, 0) is 38.5 Å². The van der Waals surface area contributed by atoms with E-state index in [1.54, 1.807) is 0 Å². The molecular formula is C13H27N3O. The van der Waals surface area contributed by atoms with Crippen LogP contribution in [0.5, 0.6) is 0 Å². The van der Waals surface area contributed by atoms with E-state index in [4.69, 9.17) is 5.73 Å². The standard InChI is InChI=1S/C13H27N3O/c1-11(2)9-13(3,10-14)15-12(17)16-7-5-4-6-8-16/h11H,4-10,14H2,1-3H3,(H,15,17). The molecule has 0 aromatic carbocycles. The molecule has 0 saturated carbocycles. The summed E-state index contributed by atoms with van der Waals surface area (Å²) in [5.74, 6) is 0.533.